The number of piperidine rings is 1. The summed E-state index contributed by atoms with van der Waals surface area (Å²) in [6, 6.07) is 10.2. The van der Waals surface area contributed by atoms with Gasteiger partial charge in [-0.1, -0.05) is 26.0 Å². The lowest BCUT2D eigenvalue weighted by atomic mass is 10.0. The van der Waals surface area contributed by atoms with Gasteiger partial charge in [0.05, 0.1) is 0 Å². The van der Waals surface area contributed by atoms with Crippen molar-refractivity contribution >= 4 is 17.2 Å². The van der Waals surface area contributed by atoms with Crippen LogP contribution in [0.3, 0.4) is 0 Å². The van der Waals surface area contributed by atoms with Crippen molar-refractivity contribution < 1.29 is 4.79 Å². The van der Waals surface area contributed by atoms with E-state index in [1.54, 1.807) is 4.52 Å². The molecule has 28 heavy (non-hydrogen) atoms. The van der Waals surface area contributed by atoms with E-state index in [0.29, 0.717) is 17.9 Å². The third kappa shape index (κ3) is 3.83. The molecule has 3 aromatic rings. The number of amides is 1. The molecule has 7 heteroatoms. The van der Waals surface area contributed by atoms with Crippen molar-refractivity contribution in [3.63, 3.8) is 0 Å². The van der Waals surface area contributed by atoms with Crippen LogP contribution in [-0.2, 0) is 6.54 Å². The summed E-state index contributed by atoms with van der Waals surface area (Å²) < 4.78 is 1.57. The molecule has 2 aromatic heterocycles. The minimum absolute atomic E-state index is 0.194. The predicted molar refractivity (Wildman–Crippen MR) is 109 cm³/mol. The quantitative estimate of drug-likeness (QED) is 0.738. The van der Waals surface area contributed by atoms with E-state index in [-0.39, 0.29) is 11.8 Å². The van der Waals surface area contributed by atoms with Gasteiger partial charge in [-0.25, -0.2) is 0 Å². The highest BCUT2D eigenvalue weighted by Gasteiger charge is 2.16. The molecule has 4 rings (SSSR count). The Morgan fingerprint density at radius 2 is 2.00 bits per heavy atom. The lowest BCUT2D eigenvalue weighted by Gasteiger charge is -2.29. The second kappa shape index (κ2) is 7.96. The van der Waals surface area contributed by atoms with E-state index in [1.807, 2.05) is 12.1 Å². The normalized spacial score (nSPS) is 14.6. The molecule has 0 radical (unpaired) electrons. The largest absolute Gasteiger partial charge is 0.372 e. The second-order valence-electron chi connectivity index (χ2n) is 7.64. The van der Waals surface area contributed by atoms with Crippen LogP contribution in [0.15, 0.2) is 36.7 Å². The zero-order valence-electron chi connectivity index (χ0n) is 16.4. The van der Waals surface area contributed by atoms with Crippen LogP contribution in [0, 0.1) is 0 Å². The number of benzene rings is 1. The Bertz CT molecular complexity index is 974. The van der Waals surface area contributed by atoms with Gasteiger partial charge in [0.1, 0.15) is 12.0 Å². The summed E-state index contributed by atoms with van der Waals surface area (Å²) in [5.41, 5.74) is 4.36. The fraction of sp³-hybridized carbons (Fsp3) is 0.429. The highest BCUT2D eigenvalue weighted by atomic mass is 16.1. The zero-order valence-corrected chi connectivity index (χ0v) is 16.4. The summed E-state index contributed by atoms with van der Waals surface area (Å²) in [6.07, 6.45) is 5.33. The molecule has 0 unspecified atom stereocenters. The van der Waals surface area contributed by atoms with Gasteiger partial charge in [-0.2, -0.15) is 9.61 Å². The van der Waals surface area contributed by atoms with Crippen molar-refractivity contribution in [2.24, 2.45) is 0 Å². The van der Waals surface area contributed by atoms with Gasteiger partial charge in [0, 0.05) is 30.9 Å². The molecule has 7 nitrogen and oxygen atoms in total. The van der Waals surface area contributed by atoms with Gasteiger partial charge in [0.25, 0.3) is 5.91 Å². The first-order chi connectivity index (χ1) is 13.6. The van der Waals surface area contributed by atoms with Crippen LogP contribution >= 0.6 is 0 Å². The Labute approximate surface area is 164 Å². The molecule has 1 aliphatic rings. The van der Waals surface area contributed by atoms with Crippen LogP contribution in [-0.4, -0.2) is 38.8 Å². The summed E-state index contributed by atoms with van der Waals surface area (Å²) in [4.78, 5) is 15.1. The number of hydrogen-bond donors (Lipinski definition) is 1. The van der Waals surface area contributed by atoms with Crippen LogP contribution < -0.4 is 10.2 Å². The van der Waals surface area contributed by atoms with Crippen LogP contribution in [0.2, 0.25) is 0 Å². The molecular formula is C21H26N6O. The van der Waals surface area contributed by atoms with Gasteiger partial charge in [-0.3, -0.25) is 4.79 Å². The summed E-state index contributed by atoms with van der Waals surface area (Å²) in [7, 11) is 0. The maximum Gasteiger partial charge on any atom is 0.272 e. The average Bonchev–Trinajstić information content (AvgIpc) is 3.20. The Morgan fingerprint density at radius 1 is 1.18 bits per heavy atom. The Balaban J connectivity index is 1.48. The second-order valence-corrected chi connectivity index (χ2v) is 7.64. The first-order valence-corrected chi connectivity index (χ1v) is 9.95. The fourth-order valence-electron chi connectivity index (χ4n) is 3.67. The van der Waals surface area contributed by atoms with Crippen molar-refractivity contribution in [2.45, 2.75) is 45.6 Å². The van der Waals surface area contributed by atoms with E-state index in [4.69, 9.17) is 0 Å². The minimum Gasteiger partial charge on any atom is -0.372 e. The van der Waals surface area contributed by atoms with Crippen molar-refractivity contribution in [1.82, 2.24) is 25.1 Å². The van der Waals surface area contributed by atoms with E-state index in [0.717, 1.165) is 24.2 Å². The number of fused-ring (bicyclic) bond motifs is 1. The van der Waals surface area contributed by atoms with Crippen LogP contribution in [0.4, 0.5) is 5.69 Å². The summed E-state index contributed by atoms with van der Waals surface area (Å²) >= 11 is 0. The number of hydrogen-bond acceptors (Lipinski definition) is 5. The topological polar surface area (TPSA) is 75.4 Å². The highest BCUT2D eigenvalue weighted by Crippen LogP contribution is 2.21. The maximum atomic E-state index is 12.7. The van der Waals surface area contributed by atoms with Gasteiger partial charge in [0.2, 0.25) is 0 Å². The molecule has 0 bridgehead atoms. The number of carbonyl (C=O) groups excluding carboxylic acids is 1. The number of rotatable bonds is 5. The SMILES string of the molecule is CC(C)c1cc(C(=O)NCc2cccc(N3CCCCC3)c2)nn2cnnc12. The molecule has 1 N–H and O–H groups in total. The molecule has 1 fully saturated rings. The van der Waals surface area contributed by atoms with Gasteiger partial charge in [-0.15, -0.1) is 10.2 Å². The van der Waals surface area contributed by atoms with E-state index < -0.39 is 0 Å². The van der Waals surface area contributed by atoms with Gasteiger partial charge in [-0.05, 0) is 48.9 Å². The number of anilines is 1. The molecular weight excluding hydrogens is 352 g/mol. The highest BCUT2D eigenvalue weighted by molar-refractivity contribution is 5.92. The first kappa shape index (κ1) is 18.4. The Morgan fingerprint density at radius 3 is 2.79 bits per heavy atom. The average molecular weight is 378 g/mol. The summed E-state index contributed by atoms with van der Waals surface area (Å²) in [5.74, 6) is 0.0309. The van der Waals surface area contributed by atoms with Crippen molar-refractivity contribution in [2.75, 3.05) is 18.0 Å². The third-order valence-electron chi connectivity index (χ3n) is 5.24. The first-order valence-electron chi connectivity index (χ1n) is 9.95. The maximum absolute atomic E-state index is 12.7. The monoisotopic (exact) mass is 378 g/mol. The minimum atomic E-state index is -0.194. The van der Waals surface area contributed by atoms with Gasteiger partial charge >= 0.3 is 0 Å². The van der Waals surface area contributed by atoms with Crippen LogP contribution in [0.5, 0.6) is 0 Å². The summed E-state index contributed by atoms with van der Waals surface area (Å²) in [5, 5.41) is 15.4. The molecule has 1 saturated heterocycles. The van der Waals surface area contributed by atoms with Crippen molar-refractivity contribution in [1.29, 1.82) is 0 Å². The van der Waals surface area contributed by atoms with Crippen LogP contribution in [0.1, 0.15) is 60.6 Å². The molecule has 146 valence electrons. The molecule has 0 atom stereocenters. The lowest BCUT2D eigenvalue weighted by molar-refractivity contribution is 0.0944. The van der Waals surface area contributed by atoms with E-state index >= 15 is 0 Å². The standard InChI is InChI=1S/C21H26N6O/c1-15(2)18-12-19(25-27-14-23-24-20(18)27)21(28)22-13-16-7-6-8-17(11-16)26-9-4-3-5-10-26/h6-8,11-12,14-15H,3-5,9-10,13H2,1-2H3,(H,22,28). The molecule has 1 aliphatic heterocycles. The number of nitrogens with zero attached hydrogens (tertiary/aromatic N) is 5. The Hall–Kier alpha value is -2.96. The number of aromatic nitrogens is 4. The zero-order chi connectivity index (χ0) is 19.5. The molecule has 1 amide bonds. The molecule has 0 saturated carbocycles. The van der Waals surface area contributed by atoms with Crippen molar-refractivity contribution in [3.05, 3.63) is 53.5 Å². The summed E-state index contributed by atoms with van der Waals surface area (Å²) in [6.45, 7) is 6.82. The van der Waals surface area contributed by atoms with Gasteiger partial charge in [0.15, 0.2) is 5.65 Å². The Kier molecular flexibility index (Phi) is 5.23. The number of nitrogens with one attached hydrogen (secondary N) is 1. The molecule has 3 heterocycles. The third-order valence-corrected chi connectivity index (χ3v) is 5.24. The predicted octanol–water partition coefficient (Wildman–Crippen LogP) is 3.17. The lowest BCUT2D eigenvalue weighted by Crippen LogP contribution is -2.29. The van der Waals surface area contributed by atoms with Crippen molar-refractivity contribution in [3.8, 4) is 0 Å². The van der Waals surface area contributed by atoms with Crippen LogP contribution in [0.25, 0.3) is 5.65 Å². The smallest absolute Gasteiger partial charge is 0.272 e. The fourth-order valence-corrected chi connectivity index (χ4v) is 3.67. The number of carbonyl (C=O) groups is 1. The molecule has 0 spiro atoms. The van der Waals surface area contributed by atoms with E-state index in [2.05, 4.69) is 57.6 Å². The van der Waals surface area contributed by atoms with Gasteiger partial charge < -0.3 is 10.2 Å². The molecule has 0 aliphatic carbocycles. The van der Waals surface area contributed by atoms with E-state index in [9.17, 15) is 4.79 Å². The molecule has 1 aromatic carbocycles. The van der Waals surface area contributed by atoms with E-state index in [1.165, 1.54) is 31.3 Å².